The van der Waals surface area contributed by atoms with Crippen LogP contribution < -0.4 is 4.74 Å². The highest BCUT2D eigenvalue weighted by atomic mass is 19.4. The zero-order valence-electron chi connectivity index (χ0n) is 8.65. The molecule has 0 radical (unpaired) electrons. The van der Waals surface area contributed by atoms with Gasteiger partial charge in [-0.2, -0.15) is 13.2 Å². The van der Waals surface area contributed by atoms with Gasteiger partial charge in [0.05, 0.1) is 7.11 Å². The van der Waals surface area contributed by atoms with Gasteiger partial charge in [-0.05, 0) is 24.3 Å². The molecule has 2 rings (SSSR count). The van der Waals surface area contributed by atoms with Crippen molar-refractivity contribution in [2.45, 2.75) is 6.18 Å². The Morgan fingerprint density at radius 1 is 1.12 bits per heavy atom. The molecule has 0 bridgehead atoms. The van der Waals surface area contributed by atoms with Crippen LogP contribution >= 0.6 is 0 Å². The van der Waals surface area contributed by atoms with E-state index in [0.29, 0.717) is 11.3 Å². The number of hydrogen-bond acceptors (Lipinski definition) is 4. The standard InChI is InChI=1S/C10H7F3N2O2/c1-16-7-4-2-6(3-5-7)8-14-15-9(17-8)10(11,12)13/h2-5H,1H3. The van der Waals surface area contributed by atoms with Gasteiger partial charge in [-0.25, -0.2) is 0 Å². The maximum Gasteiger partial charge on any atom is 0.470 e. The molecule has 2 aromatic rings. The summed E-state index contributed by atoms with van der Waals surface area (Å²) >= 11 is 0. The molecule has 17 heavy (non-hydrogen) atoms. The van der Waals surface area contributed by atoms with Crippen molar-refractivity contribution >= 4 is 0 Å². The highest BCUT2D eigenvalue weighted by Gasteiger charge is 2.38. The Kier molecular flexibility index (Phi) is 2.74. The van der Waals surface area contributed by atoms with E-state index in [1.54, 1.807) is 12.1 Å². The van der Waals surface area contributed by atoms with E-state index in [2.05, 4.69) is 14.6 Å². The molecular formula is C10H7F3N2O2. The summed E-state index contributed by atoms with van der Waals surface area (Å²) in [4.78, 5) is 0. The minimum absolute atomic E-state index is 0.181. The summed E-state index contributed by atoms with van der Waals surface area (Å²) in [6.45, 7) is 0. The van der Waals surface area contributed by atoms with Crippen molar-refractivity contribution in [1.82, 2.24) is 10.2 Å². The predicted octanol–water partition coefficient (Wildman–Crippen LogP) is 2.76. The molecular weight excluding hydrogens is 237 g/mol. The summed E-state index contributed by atoms with van der Waals surface area (Å²) in [5.41, 5.74) is 0.397. The first-order valence-corrected chi connectivity index (χ1v) is 4.56. The fourth-order valence-electron chi connectivity index (χ4n) is 1.19. The number of hydrogen-bond donors (Lipinski definition) is 0. The molecule has 0 atom stereocenters. The van der Waals surface area contributed by atoms with Gasteiger partial charge in [-0.3, -0.25) is 0 Å². The van der Waals surface area contributed by atoms with E-state index in [4.69, 9.17) is 4.74 Å². The molecule has 90 valence electrons. The first kappa shape index (κ1) is 11.4. The largest absolute Gasteiger partial charge is 0.497 e. The third-order valence-electron chi connectivity index (χ3n) is 2.00. The van der Waals surface area contributed by atoms with Crippen LogP contribution in [-0.2, 0) is 6.18 Å². The molecule has 0 spiro atoms. The number of ether oxygens (including phenoxy) is 1. The number of methoxy groups -OCH3 is 1. The van der Waals surface area contributed by atoms with Crippen molar-refractivity contribution in [2.24, 2.45) is 0 Å². The third kappa shape index (κ3) is 2.38. The Labute approximate surface area is 94.0 Å². The van der Waals surface area contributed by atoms with Crippen molar-refractivity contribution in [3.63, 3.8) is 0 Å². The van der Waals surface area contributed by atoms with Crippen LogP contribution in [0.1, 0.15) is 5.89 Å². The Balaban J connectivity index is 2.30. The van der Waals surface area contributed by atoms with Gasteiger partial charge in [0.2, 0.25) is 5.89 Å². The number of rotatable bonds is 2. The summed E-state index contributed by atoms with van der Waals surface area (Å²) in [7, 11) is 1.49. The lowest BCUT2D eigenvalue weighted by atomic mass is 10.2. The van der Waals surface area contributed by atoms with Crippen LogP contribution in [0.3, 0.4) is 0 Å². The SMILES string of the molecule is COc1ccc(-c2nnc(C(F)(F)F)o2)cc1. The fourth-order valence-corrected chi connectivity index (χ4v) is 1.19. The second-order valence-electron chi connectivity index (χ2n) is 3.14. The van der Waals surface area contributed by atoms with Crippen LogP contribution in [-0.4, -0.2) is 17.3 Å². The molecule has 7 heteroatoms. The quantitative estimate of drug-likeness (QED) is 0.814. The molecule has 0 saturated carbocycles. The number of halogens is 3. The lowest BCUT2D eigenvalue weighted by molar-refractivity contribution is -0.156. The molecule has 1 heterocycles. The van der Waals surface area contributed by atoms with Gasteiger partial charge in [-0.15, -0.1) is 10.2 Å². The van der Waals surface area contributed by atoms with Crippen molar-refractivity contribution in [1.29, 1.82) is 0 Å². The normalized spacial score (nSPS) is 11.5. The molecule has 0 unspecified atom stereocenters. The van der Waals surface area contributed by atoms with Gasteiger partial charge in [0.1, 0.15) is 5.75 Å². The van der Waals surface area contributed by atoms with E-state index in [9.17, 15) is 13.2 Å². The van der Waals surface area contributed by atoms with E-state index < -0.39 is 12.1 Å². The van der Waals surface area contributed by atoms with Gasteiger partial charge in [0.15, 0.2) is 0 Å². The van der Waals surface area contributed by atoms with E-state index in [1.807, 2.05) is 0 Å². The molecule has 0 N–H and O–H groups in total. The summed E-state index contributed by atoms with van der Waals surface area (Å²) < 4.78 is 46.1. The molecule has 0 aliphatic carbocycles. The first-order valence-electron chi connectivity index (χ1n) is 4.56. The fraction of sp³-hybridized carbons (Fsp3) is 0.200. The Hall–Kier alpha value is -2.05. The van der Waals surface area contributed by atoms with E-state index in [0.717, 1.165) is 0 Å². The molecule has 1 aromatic carbocycles. The summed E-state index contributed by atoms with van der Waals surface area (Å²) in [6.07, 6.45) is -4.63. The van der Waals surface area contributed by atoms with Crippen LogP contribution in [0, 0.1) is 0 Å². The molecule has 0 aliphatic rings. The average molecular weight is 244 g/mol. The minimum atomic E-state index is -4.63. The van der Waals surface area contributed by atoms with E-state index in [1.165, 1.54) is 19.2 Å². The summed E-state index contributed by atoms with van der Waals surface area (Å²) in [5, 5.41) is 6.26. The number of benzene rings is 1. The van der Waals surface area contributed by atoms with Gasteiger partial charge in [0.25, 0.3) is 0 Å². The Morgan fingerprint density at radius 3 is 2.24 bits per heavy atom. The van der Waals surface area contributed by atoms with Gasteiger partial charge in [-0.1, -0.05) is 0 Å². The molecule has 1 aromatic heterocycles. The monoisotopic (exact) mass is 244 g/mol. The van der Waals surface area contributed by atoms with Crippen molar-refractivity contribution in [3.8, 4) is 17.2 Å². The van der Waals surface area contributed by atoms with Crippen molar-refractivity contribution < 1.29 is 22.3 Å². The molecule has 4 nitrogen and oxygen atoms in total. The summed E-state index contributed by atoms with van der Waals surface area (Å²) in [5.74, 6) is -0.951. The maximum atomic E-state index is 12.2. The van der Waals surface area contributed by atoms with Crippen molar-refractivity contribution in [2.75, 3.05) is 7.11 Å². The third-order valence-corrected chi connectivity index (χ3v) is 2.00. The molecule has 0 saturated heterocycles. The Bertz CT molecular complexity index is 505. The van der Waals surface area contributed by atoms with Crippen LogP contribution in [0.25, 0.3) is 11.5 Å². The number of alkyl halides is 3. The summed E-state index contributed by atoms with van der Waals surface area (Å²) in [6, 6.07) is 6.25. The highest BCUT2D eigenvalue weighted by molar-refractivity contribution is 5.53. The van der Waals surface area contributed by atoms with Crippen LogP contribution in [0.2, 0.25) is 0 Å². The smallest absolute Gasteiger partial charge is 0.470 e. The average Bonchev–Trinajstić information content (AvgIpc) is 2.78. The highest BCUT2D eigenvalue weighted by Crippen LogP contribution is 2.30. The lowest BCUT2D eigenvalue weighted by Gasteiger charge is -2.00. The van der Waals surface area contributed by atoms with Gasteiger partial charge < -0.3 is 9.15 Å². The maximum absolute atomic E-state index is 12.2. The predicted molar refractivity (Wildman–Crippen MR) is 51.3 cm³/mol. The van der Waals surface area contributed by atoms with E-state index in [-0.39, 0.29) is 5.89 Å². The van der Waals surface area contributed by atoms with Crippen molar-refractivity contribution in [3.05, 3.63) is 30.2 Å². The number of nitrogens with zero attached hydrogens (tertiary/aromatic N) is 2. The van der Waals surface area contributed by atoms with Gasteiger partial charge >= 0.3 is 12.1 Å². The zero-order valence-corrected chi connectivity index (χ0v) is 8.65. The first-order chi connectivity index (χ1) is 8.00. The zero-order chi connectivity index (χ0) is 12.5. The Morgan fingerprint density at radius 2 is 1.76 bits per heavy atom. The lowest BCUT2D eigenvalue weighted by Crippen LogP contribution is -2.04. The minimum Gasteiger partial charge on any atom is -0.497 e. The van der Waals surface area contributed by atoms with Crippen LogP contribution in [0.5, 0.6) is 5.75 Å². The molecule has 0 amide bonds. The second kappa shape index (κ2) is 4.08. The molecule has 0 aliphatic heterocycles. The van der Waals surface area contributed by atoms with E-state index >= 15 is 0 Å². The topological polar surface area (TPSA) is 48.2 Å². The van der Waals surface area contributed by atoms with Gasteiger partial charge in [0, 0.05) is 5.56 Å². The second-order valence-corrected chi connectivity index (χ2v) is 3.14. The van der Waals surface area contributed by atoms with Crippen LogP contribution in [0.4, 0.5) is 13.2 Å². The van der Waals surface area contributed by atoms with Crippen LogP contribution in [0.15, 0.2) is 28.7 Å². The molecule has 0 fully saturated rings. The number of aromatic nitrogens is 2.